The monoisotopic (exact) mass is 197 g/mol. The number of alkyl halides is 3. The number of hydrogen-bond donors (Lipinski definition) is 2. The van der Waals surface area contributed by atoms with E-state index in [-0.39, 0.29) is 12.8 Å². The molecule has 0 aliphatic heterocycles. The molecule has 1 aliphatic rings. The van der Waals surface area contributed by atoms with Gasteiger partial charge in [-0.05, 0) is 12.8 Å². The van der Waals surface area contributed by atoms with Crippen LogP contribution in [0.2, 0.25) is 0 Å². The van der Waals surface area contributed by atoms with Crippen LogP contribution in [0.25, 0.3) is 0 Å². The second-order valence-electron chi connectivity index (χ2n) is 3.32. The first-order valence-electron chi connectivity index (χ1n) is 3.86. The van der Waals surface area contributed by atoms with Crippen LogP contribution in [0, 0.1) is 5.41 Å². The maximum atomic E-state index is 12.4. The minimum absolute atomic E-state index is 0.177. The number of halogens is 3. The van der Waals surface area contributed by atoms with Crippen LogP contribution in [-0.2, 0) is 4.79 Å². The van der Waals surface area contributed by atoms with Crippen molar-refractivity contribution in [2.24, 2.45) is 11.1 Å². The molecule has 1 atom stereocenters. The summed E-state index contributed by atoms with van der Waals surface area (Å²) in [5, 5.41) is 8.42. The summed E-state index contributed by atoms with van der Waals surface area (Å²) >= 11 is 0. The normalized spacial score (nSPS) is 23.4. The Hall–Kier alpha value is -0.780. The van der Waals surface area contributed by atoms with Crippen LogP contribution in [0.4, 0.5) is 13.2 Å². The molecule has 3 nitrogen and oxygen atoms in total. The molecular formula is C7H10F3NO2. The van der Waals surface area contributed by atoms with Gasteiger partial charge >= 0.3 is 12.1 Å². The average molecular weight is 197 g/mol. The smallest absolute Gasteiger partial charge is 0.396 e. The van der Waals surface area contributed by atoms with Crippen molar-refractivity contribution in [3.63, 3.8) is 0 Å². The quantitative estimate of drug-likeness (QED) is 0.697. The molecule has 1 fully saturated rings. The Morgan fingerprint density at radius 2 is 1.92 bits per heavy atom. The molecule has 0 aromatic rings. The molecule has 0 bridgehead atoms. The lowest BCUT2D eigenvalue weighted by Crippen LogP contribution is -2.59. The summed E-state index contributed by atoms with van der Waals surface area (Å²) in [6.45, 7) is 0. The molecule has 0 aromatic carbocycles. The van der Waals surface area contributed by atoms with Crippen molar-refractivity contribution in [1.82, 2.24) is 0 Å². The standard InChI is InChI=1S/C7H10F3NO2/c8-7(9,10)6(2-1-3-6)4(11)5(12)13/h4H,1-3,11H2,(H,12,13)/t4-/m0/s1. The number of carboxylic acid groups (broad SMARTS) is 1. The van der Waals surface area contributed by atoms with Gasteiger partial charge in [0.1, 0.15) is 6.04 Å². The Balaban J connectivity index is 2.88. The van der Waals surface area contributed by atoms with Crippen molar-refractivity contribution in [1.29, 1.82) is 0 Å². The Morgan fingerprint density at radius 3 is 2.00 bits per heavy atom. The molecule has 1 rings (SSSR count). The lowest BCUT2D eigenvalue weighted by atomic mass is 9.63. The van der Waals surface area contributed by atoms with Gasteiger partial charge in [-0.15, -0.1) is 0 Å². The highest BCUT2D eigenvalue weighted by atomic mass is 19.4. The third-order valence-corrected chi connectivity index (χ3v) is 2.67. The molecule has 0 aromatic heterocycles. The van der Waals surface area contributed by atoms with Crippen molar-refractivity contribution >= 4 is 5.97 Å². The number of rotatable bonds is 2. The van der Waals surface area contributed by atoms with Crippen molar-refractivity contribution in [3.05, 3.63) is 0 Å². The van der Waals surface area contributed by atoms with Gasteiger partial charge in [0.15, 0.2) is 0 Å². The lowest BCUT2D eigenvalue weighted by Gasteiger charge is -2.45. The van der Waals surface area contributed by atoms with E-state index in [9.17, 15) is 18.0 Å². The topological polar surface area (TPSA) is 63.3 Å². The summed E-state index contributed by atoms with van der Waals surface area (Å²) < 4.78 is 37.3. The molecule has 0 unspecified atom stereocenters. The van der Waals surface area contributed by atoms with Gasteiger partial charge in [-0.2, -0.15) is 13.2 Å². The molecule has 13 heavy (non-hydrogen) atoms. The largest absolute Gasteiger partial charge is 0.480 e. The number of carbonyl (C=O) groups is 1. The summed E-state index contributed by atoms with van der Waals surface area (Å²) in [6, 6.07) is -1.83. The van der Waals surface area contributed by atoms with E-state index in [0.717, 1.165) is 0 Å². The Labute approximate surface area is 72.7 Å². The fourth-order valence-corrected chi connectivity index (χ4v) is 1.56. The second-order valence-corrected chi connectivity index (χ2v) is 3.32. The zero-order chi connectivity index (χ0) is 10.3. The fraction of sp³-hybridized carbons (Fsp3) is 0.857. The summed E-state index contributed by atoms with van der Waals surface area (Å²) in [7, 11) is 0. The highest BCUT2D eigenvalue weighted by molar-refractivity contribution is 5.74. The molecule has 76 valence electrons. The third-order valence-electron chi connectivity index (χ3n) is 2.67. The van der Waals surface area contributed by atoms with E-state index in [1.54, 1.807) is 0 Å². The molecule has 0 spiro atoms. The second kappa shape index (κ2) is 2.87. The predicted octanol–water partition coefficient (Wildman–Crippen LogP) is 1.13. The maximum Gasteiger partial charge on any atom is 0.396 e. The molecule has 0 heterocycles. The molecule has 0 amide bonds. The highest BCUT2D eigenvalue weighted by Crippen LogP contribution is 2.54. The van der Waals surface area contributed by atoms with Gasteiger partial charge in [0.25, 0.3) is 0 Å². The van der Waals surface area contributed by atoms with E-state index in [2.05, 4.69) is 0 Å². The van der Waals surface area contributed by atoms with Crippen LogP contribution < -0.4 is 5.73 Å². The van der Waals surface area contributed by atoms with Crippen LogP contribution in [-0.4, -0.2) is 23.3 Å². The van der Waals surface area contributed by atoms with Crippen LogP contribution in [0.15, 0.2) is 0 Å². The first kappa shape index (κ1) is 10.3. The van der Waals surface area contributed by atoms with E-state index in [1.165, 1.54) is 0 Å². The van der Waals surface area contributed by atoms with Crippen molar-refractivity contribution in [2.75, 3.05) is 0 Å². The highest BCUT2D eigenvalue weighted by Gasteiger charge is 2.63. The van der Waals surface area contributed by atoms with Gasteiger partial charge < -0.3 is 10.8 Å². The zero-order valence-corrected chi connectivity index (χ0v) is 6.77. The summed E-state index contributed by atoms with van der Waals surface area (Å²) in [5.74, 6) is -1.59. The van der Waals surface area contributed by atoms with Gasteiger partial charge in [-0.25, -0.2) is 0 Å². The molecule has 3 N–H and O–H groups in total. The van der Waals surface area contributed by atoms with Crippen molar-refractivity contribution in [3.8, 4) is 0 Å². The van der Waals surface area contributed by atoms with E-state index < -0.39 is 23.6 Å². The molecule has 1 aliphatic carbocycles. The van der Waals surface area contributed by atoms with E-state index in [4.69, 9.17) is 10.8 Å². The van der Waals surface area contributed by atoms with E-state index >= 15 is 0 Å². The van der Waals surface area contributed by atoms with E-state index in [1.807, 2.05) is 0 Å². The fourth-order valence-electron chi connectivity index (χ4n) is 1.56. The Kier molecular flexibility index (Phi) is 2.27. The van der Waals surface area contributed by atoms with Crippen LogP contribution in [0.3, 0.4) is 0 Å². The van der Waals surface area contributed by atoms with Gasteiger partial charge in [-0.3, -0.25) is 4.79 Å². The molecule has 0 radical (unpaired) electrons. The average Bonchev–Trinajstić information content (AvgIpc) is 1.80. The molecule has 0 saturated heterocycles. The van der Waals surface area contributed by atoms with Gasteiger partial charge in [0.2, 0.25) is 0 Å². The van der Waals surface area contributed by atoms with E-state index in [0.29, 0.717) is 6.42 Å². The van der Waals surface area contributed by atoms with Crippen molar-refractivity contribution < 1.29 is 23.1 Å². The summed E-state index contributed by atoms with van der Waals surface area (Å²) in [4.78, 5) is 10.4. The predicted molar refractivity (Wildman–Crippen MR) is 38.0 cm³/mol. The Bertz CT molecular complexity index is 222. The molecule has 6 heteroatoms. The molecular weight excluding hydrogens is 187 g/mol. The summed E-state index contributed by atoms with van der Waals surface area (Å²) in [6.07, 6.45) is -4.47. The zero-order valence-electron chi connectivity index (χ0n) is 6.77. The summed E-state index contributed by atoms with van der Waals surface area (Å²) in [5.41, 5.74) is 2.84. The number of aliphatic carboxylic acids is 1. The van der Waals surface area contributed by atoms with Crippen LogP contribution in [0.5, 0.6) is 0 Å². The minimum Gasteiger partial charge on any atom is -0.480 e. The van der Waals surface area contributed by atoms with Gasteiger partial charge in [0.05, 0.1) is 5.41 Å². The van der Waals surface area contributed by atoms with Crippen LogP contribution >= 0.6 is 0 Å². The first-order chi connectivity index (χ1) is 5.81. The van der Waals surface area contributed by atoms with Gasteiger partial charge in [0, 0.05) is 0 Å². The van der Waals surface area contributed by atoms with Crippen molar-refractivity contribution in [2.45, 2.75) is 31.5 Å². The number of nitrogens with two attached hydrogens (primary N) is 1. The third kappa shape index (κ3) is 1.39. The minimum atomic E-state index is -4.51. The Morgan fingerprint density at radius 1 is 1.46 bits per heavy atom. The SMILES string of the molecule is N[C@@H](C(=O)O)C1(C(F)(F)F)CCC1. The van der Waals surface area contributed by atoms with Gasteiger partial charge in [-0.1, -0.05) is 6.42 Å². The first-order valence-corrected chi connectivity index (χ1v) is 3.86. The lowest BCUT2D eigenvalue weighted by molar-refractivity contribution is -0.259. The number of hydrogen-bond acceptors (Lipinski definition) is 2. The van der Waals surface area contributed by atoms with Crippen LogP contribution in [0.1, 0.15) is 19.3 Å². The molecule has 1 saturated carbocycles. The maximum absolute atomic E-state index is 12.4. The number of carboxylic acids is 1.